The van der Waals surface area contributed by atoms with Crippen molar-refractivity contribution in [2.45, 2.75) is 0 Å². The summed E-state index contributed by atoms with van der Waals surface area (Å²) in [5.74, 6) is 0. The van der Waals surface area contributed by atoms with Crippen LogP contribution in [-0.4, -0.2) is 29.8 Å². The van der Waals surface area contributed by atoms with E-state index in [2.05, 4.69) is 4.43 Å². The molecule has 1 aliphatic heterocycles. The average Bonchev–Trinajstić information content (AvgIpc) is 2.12. The van der Waals surface area contributed by atoms with Crippen molar-refractivity contribution in [3.63, 3.8) is 0 Å². The Labute approximate surface area is 48.4 Å². The molecule has 0 unspecified atom stereocenters. The van der Waals surface area contributed by atoms with Crippen LogP contribution in [0.5, 0.6) is 0 Å². The summed E-state index contributed by atoms with van der Waals surface area (Å²) < 4.78 is 34.3. The van der Waals surface area contributed by atoms with E-state index in [1.807, 2.05) is 0 Å². The van der Waals surface area contributed by atoms with Crippen LogP contribution in [0.3, 0.4) is 0 Å². The van der Waals surface area contributed by atoms with Gasteiger partial charge in [0.2, 0.25) is 0 Å². The van der Waals surface area contributed by atoms with Gasteiger partial charge in [0.1, 0.15) is 0 Å². The first kappa shape index (κ1) is 2.59. The van der Waals surface area contributed by atoms with E-state index < -0.39 is 16.6 Å². The summed E-state index contributed by atoms with van der Waals surface area (Å²) in [6, 6.07) is 0. The normalized spacial score (nSPS) is 31.7. The Bertz CT molecular complexity index is 110. The summed E-state index contributed by atoms with van der Waals surface area (Å²) in [4.78, 5) is 0. The smallest absolute Gasteiger partial charge is 0.379 e. The molecule has 42 valence electrons. The molecule has 0 saturated carbocycles. The average molecular weight is 123 g/mol. The third-order valence-corrected chi connectivity index (χ3v) is 1.90. The summed E-state index contributed by atoms with van der Waals surface area (Å²) in [6.45, 7) is 0.903. The molecule has 0 amide bonds. The molecule has 0 aromatic rings. The van der Waals surface area contributed by atoms with Crippen LogP contribution in [0, 0.1) is 0 Å². The topological polar surface area (TPSA) is 27.7 Å². The predicted molar refractivity (Wildman–Crippen MR) is 26.1 cm³/mol. The number of hydrogen-bond acceptors (Lipinski definition) is 3. The summed E-state index contributed by atoms with van der Waals surface area (Å²) in [6.07, 6.45) is 0. The Kier molecular flexibility index (Phi) is 0.893. The first-order chi connectivity index (χ1) is 4.58. The van der Waals surface area contributed by atoms with Gasteiger partial charge in [0.05, 0.1) is 17.3 Å². The standard InChI is InChI=1S/C3H8O3Si/c1-4-7-5-2-3-6-7/h7H,2-3H2,1H3/i1D3. The fourth-order valence-electron chi connectivity index (χ4n) is 0.405. The van der Waals surface area contributed by atoms with Gasteiger partial charge in [-0.1, -0.05) is 0 Å². The first-order valence-electron chi connectivity index (χ1n) is 3.49. The summed E-state index contributed by atoms with van der Waals surface area (Å²) in [5.41, 5.74) is 0. The maximum Gasteiger partial charge on any atom is 0.484 e. The second-order valence-corrected chi connectivity index (χ2v) is 2.63. The summed E-state index contributed by atoms with van der Waals surface area (Å²) in [7, 11) is -4.64. The molecule has 7 heavy (non-hydrogen) atoms. The zero-order valence-corrected chi connectivity index (χ0v) is 4.87. The molecular formula is C3H8O3Si. The molecule has 0 spiro atoms. The van der Waals surface area contributed by atoms with Crippen molar-refractivity contribution in [2.75, 3.05) is 20.3 Å². The van der Waals surface area contributed by atoms with Crippen LogP contribution in [0.1, 0.15) is 4.11 Å². The molecule has 4 heteroatoms. The van der Waals surface area contributed by atoms with Gasteiger partial charge in [0.15, 0.2) is 0 Å². The molecule has 1 fully saturated rings. The molecule has 0 radical (unpaired) electrons. The molecule has 0 aliphatic carbocycles. The lowest BCUT2D eigenvalue weighted by Gasteiger charge is -1.98. The minimum Gasteiger partial charge on any atom is -0.379 e. The molecule has 0 atom stereocenters. The second-order valence-electron chi connectivity index (χ2n) is 1.15. The highest BCUT2D eigenvalue weighted by molar-refractivity contribution is 6.36. The molecular weight excluding hydrogens is 112 g/mol. The Morgan fingerprint density at radius 2 is 2.43 bits per heavy atom. The molecule has 0 N–H and O–H groups in total. The fourth-order valence-corrected chi connectivity index (χ4v) is 1.21. The van der Waals surface area contributed by atoms with E-state index in [-0.39, 0.29) is 0 Å². The van der Waals surface area contributed by atoms with Gasteiger partial charge in [-0.05, 0) is 0 Å². The van der Waals surface area contributed by atoms with Crippen molar-refractivity contribution < 1.29 is 17.4 Å². The van der Waals surface area contributed by atoms with E-state index in [1.54, 1.807) is 0 Å². The van der Waals surface area contributed by atoms with Gasteiger partial charge in [0, 0.05) is 7.04 Å². The van der Waals surface area contributed by atoms with Crippen LogP contribution >= 0.6 is 0 Å². The Balaban J connectivity index is 2.24. The van der Waals surface area contributed by atoms with Gasteiger partial charge in [-0.3, -0.25) is 0 Å². The van der Waals surface area contributed by atoms with Crippen LogP contribution in [0.25, 0.3) is 0 Å². The molecule has 1 saturated heterocycles. The molecule has 1 rings (SSSR count). The van der Waals surface area contributed by atoms with Crippen molar-refractivity contribution >= 4 is 9.53 Å². The molecule has 1 heterocycles. The quantitative estimate of drug-likeness (QED) is 0.436. The maximum absolute atomic E-state index is 6.68. The molecule has 3 nitrogen and oxygen atoms in total. The Hall–Kier alpha value is 0.0969. The van der Waals surface area contributed by atoms with Crippen LogP contribution in [-0.2, 0) is 13.3 Å². The van der Waals surface area contributed by atoms with E-state index in [0.717, 1.165) is 0 Å². The fraction of sp³-hybridized carbons (Fsp3) is 1.00. The SMILES string of the molecule is [2H]C([2H])([2H])O[SiH]1OCCO1. The predicted octanol–water partition coefficient (Wildman–Crippen LogP) is -0.603. The molecule has 1 aliphatic rings. The highest BCUT2D eigenvalue weighted by Crippen LogP contribution is 1.97. The van der Waals surface area contributed by atoms with Gasteiger partial charge in [-0.2, -0.15) is 0 Å². The lowest BCUT2D eigenvalue weighted by molar-refractivity contribution is 0.219. The lowest BCUT2D eigenvalue weighted by atomic mass is 10.8. The van der Waals surface area contributed by atoms with E-state index in [9.17, 15) is 0 Å². The minimum absolute atomic E-state index is 0.451. The molecule has 0 aromatic carbocycles. The summed E-state index contributed by atoms with van der Waals surface area (Å²) in [5, 5.41) is 0. The van der Waals surface area contributed by atoms with Gasteiger partial charge >= 0.3 is 9.53 Å². The van der Waals surface area contributed by atoms with E-state index in [4.69, 9.17) is 13.0 Å². The number of hydrogen-bond donors (Lipinski definition) is 0. The van der Waals surface area contributed by atoms with Gasteiger partial charge in [-0.25, -0.2) is 0 Å². The Morgan fingerprint density at radius 1 is 1.71 bits per heavy atom. The second kappa shape index (κ2) is 2.42. The highest BCUT2D eigenvalue weighted by Gasteiger charge is 2.18. The monoisotopic (exact) mass is 123 g/mol. The lowest BCUT2D eigenvalue weighted by Crippen LogP contribution is -2.16. The van der Waals surface area contributed by atoms with E-state index in [1.165, 1.54) is 0 Å². The third kappa shape index (κ3) is 1.24. The van der Waals surface area contributed by atoms with Gasteiger partial charge in [0.25, 0.3) is 0 Å². The van der Waals surface area contributed by atoms with Crippen molar-refractivity contribution in [3.8, 4) is 0 Å². The minimum atomic E-state index is -2.37. The van der Waals surface area contributed by atoms with E-state index >= 15 is 0 Å². The van der Waals surface area contributed by atoms with E-state index in [0.29, 0.717) is 13.2 Å². The Morgan fingerprint density at radius 3 is 3.00 bits per heavy atom. The van der Waals surface area contributed by atoms with Gasteiger partial charge < -0.3 is 13.3 Å². The third-order valence-electron chi connectivity index (χ3n) is 0.687. The van der Waals surface area contributed by atoms with Crippen LogP contribution < -0.4 is 0 Å². The zero-order valence-electron chi connectivity index (χ0n) is 6.72. The summed E-state index contributed by atoms with van der Waals surface area (Å²) >= 11 is 0. The van der Waals surface area contributed by atoms with Crippen LogP contribution in [0.2, 0.25) is 0 Å². The van der Waals surface area contributed by atoms with Crippen molar-refractivity contribution in [3.05, 3.63) is 0 Å². The van der Waals surface area contributed by atoms with Crippen LogP contribution in [0.4, 0.5) is 0 Å². The number of rotatable bonds is 1. The largest absolute Gasteiger partial charge is 0.484 e. The molecule has 0 aromatic heterocycles. The maximum atomic E-state index is 6.68. The van der Waals surface area contributed by atoms with Gasteiger partial charge in [-0.15, -0.1) is 0 Å². The first-order valence-corrected chi connectivity index (χ1v) is 3.40. The highest BCUT2D eigenvalue weighted by atomic mass is 28.3. The van der Waals surface area contributed by atoms with Crippen LogP contribution in [0.15, 0.2) is 0 Å². The van der Waals surface area contributed by atoms with Crippen molar-refractivity contribution in [2.24, 2.45) is 0 Å². The molecule has 0 bridgehead atoms. The van der Waals surface area contributed by atoms with Crippen molar-refractivity contribution in [1.82, 2.24) is 0 Å². The zero-order chi connectivity index (χ0) is 7.61. The van der Waals surface area contributed by atoms with Crippen molar-refractivity contribution in [1.29, 1.82) is 0 Å².